The molecule has 0 amide bonds. The van der Waals surface area contributed by atoms with Gasteiger partial charge in [-0.1, -0.05) is 12.1 Å². The Labute approximate surface area is 136 Å². The van der Waals surface area contributed by atoms with Crippen molar-refractivity contribution >= 4 is 0 Å². The Morgan fingerprint density at radius 2 is 2.13 bits per heavy atom. The lowest BCUT2D eigenvalue weighted by molar-refractivity contribution is 0.171. The molecule has 2 N–H and O–H groups in total. The molecule has 0 spiro atoms. The third-order valence-electron chi connectivity index (χ3n) is 4.30. The minimum absolute atomic E-state index is 0.0850. The van der Waals surface area contributed by atoms with E-state index < -0.39 is 0 Å². The van der Waals surface area contributed by atoms with Crippen molar-refractivity contribution in [3.63, 3.8) is 0 Å². The summed E-state index contributed by atoms with van der Waals surface area (Å²) in [6.45, 7) is 2.98. The van der Waals surface area contributed by atoms with E-state index in [2.05, 4.69) is 9.88 Å². The first kappa shape index (κ1) is 15.8. The molecule has 0 radical (unpaired) electrons. The number of β-amino-alcohol motifs (C(OH)–C–C–N with tert-alkyl or cyclic N) is 1. The second-order valence-corrected chi connectivity index (χ2v) is 6.03. The van der Waals surface area contributed by atoms with Crippen LogP contribution in [0.5, 0.6) is 11.5 Å². The number of aromatic nitrogens is 1. The Morgan fingerprint density at radius 3 is 2.91 bits per heavy atom. The Morgan fingerprint density at radius 1 is 1.30 bits per heavy atom. The van der Waals surface area contributed by atoms with Crippen LogP contribution in [0.25, 0.3) is 0 Å². The fourth-order valence-electron chi connectivity index (χ4n) is 3.16. The molecule has 0 unspecified atom stereocenters. The standard InChI is InChI=1S/C18H22N2O3/c1-12-6-7-18(22)16(19-12)11-20-10-14(21)9-17(20)13-4-3-5-15(8-13)23-2/h3-8,14,17,21-22H,9-11H2,1-2H3/t14-,17+/m0/s1. The Kier molecular flexibility index (Phi) is 4.50. The van der Waals surface area contributed by atoms with Gasteiger partial charge >= 0.3 is 0 Å². The largest absolute Gasteiger partial charge is 0.506 e. The van der Waals surface area contributed by atoms with Gasteiger partial charge in [-0.15, -0.1) is 0 Å². The molecule has 3 rings (SSSR count). The molecule has 2 heterocycles. The van der Waals surface area contributed by atoms with Crippen LogP contribution in [-0.2, 0) is 6.54 Å². The minimum Gasteiger partial charge on any atom is -0.506 e. The first-order valence-electron chi connectivity index (χ1n) is 7.78. The Hall–Kier alpha value is -2.11. The first-order valence-corrected chi connectivity index (χ1v) is 7.78. The van der Waals surface area contributed by atoms with Gasteiger partial charge in [0.15, 0.2) is 0 Å². The van der Waals surface area contributed by atoms with Crippen LogP contribution in [0.4, 0.5) is 0 Å². The maximum Gasteiger partial charge on any atom is 0.138 e. The monoisotopic (exact) mass is 314 g/mol. The zero-order valence-corrected chi connectivity index (χ0v) is 13.4. The number of hydrogen-bond acceptors (Lipinski definition) is 5. The number of benzene rings is 1. The molecule has 0 saturated carbocycles. The highest BCUT2D eigenvalue weighted by atomic mass is 16.5. The topological polar surface area (TPSA) is 65.8 Å². The van der Waals surface area contributed by atoms with E-state index in [9.17, 15) is 10.2 Å². The first-order chi connectivity index (χ1) is 11.1. The van der Waals surface area contributed by atoms with Crippen molar-refractivity contribution in [1.82, 2.24) is 9.88 Å². The number of aliphatic hydroxyl groups excluding tert-OH is 1. The number of aryl methyl sites for hydroxylation is 1. The van der Waals surface area contributed by atoms with Gasteiger partial charge < -0.3 is 14.9 Å². The SMILES string of the molecule is COc1cccc([C@H]2C[C@H](O)CN2Cc2nc(C)ccc2O)c1. The molecule has 0 bridgehead atoms. The molecule has 1 aliphatic heterocycles. The van der Waals surface area contributed by atoms with Gasteiger partial charge in [-0.3, -0.25) is 9.88 Å². The summed E-state index contributed by atoms with van der Waals surface area (Å²) in [4.78, 5) is 6.58. The normalized spacial score (nSPS) is 21.5. The Balaban J connectivity index is 1.86. The van der Waals surface area contributed by atoms with E-state index in [0.29, 0.717) is 25.2 Å². The van der Waals surface area contributed by atoms with E-state index in [4.69, 9.17) is 4.74 Å². The van der Waals surface area contributed by atoms with Crippen molar-refractivity contribution in [2.75, 3.05) is 13.7 Å². The highest BCUT2D eigenvalue weighted by Gasteiger charge is 2.32. The van der Waals surface area contributed by atoms with E-state index in [1.54, 1.807) is 19.2 Å². The van der Waals surface area contributed by atoms with Crippen LogP contribution < -0.4 is 4.74 Å². The van der Waals surface area contributed by atoms with Crippen molar-refractivity contribution in [3.05, 3.63) is 53.3 Å². The smallest absolute Gasteiger partial charge is 0.138 e. The Bertz CT molecular complexity index is 690. The van der Waals surface area contributed by atoms with Crippen LogP contribution in [-0.4, -0.2) is 39.9 Å². The minimum atomic E-state index is -0.377. The summed E-state index contributed by atoms with van der Waals surface area (Å²) in [5, 5.41) is 20.1. The van der Waals surface area contributed by atoms with Crippen LogP contribution in [0.2, 0.25) is 0 Å². The molecule has 1 aromatic heterocycles. The average molecular weight is 314 g/mol. The maximum absolute atomic E-state index is 10.1. The van der Waals surface area contributed by atoms with Gasteiger partial charge in [0.2, 0.25) is 0 Å². The maximum atomic E-state index is 10.1. The molecule has 1 saturated heterocycles. The molecule has 2 aromatic rings. The number of nitrogens with zero attached hydrogens (tertiary/aromatic N) is 2. The fourth-order valence-corrected chi connectivity index (χ4v) is 3.16. The summed E-state index contributed by atoms with van der Waals surface area (Å²) in [6.07, 6.45) is 0.290. The lowest BCUT2D eigenvalue weighted by Crippen LogP contribution is -2.25. The van der Waals surface area contributed by atoms with Gasteiger partial charge in [0.1, 0.15) is 11.5 Å². The molecular weight excluding hydrogens is 292 g/mol. The van der Waals surface area contributed by atoms with E-state index in [0.717, 1.165) is 17.0 Å². The van der Waals surface area contributed by atoms with Gasteiger partial charge in [-0.05, 0) is 43.2 Å². The third kappa shape index (κ3) is 3.46. The van der Waals surface area contributed by atoms with E-state index in [1.165, 1.54) is 0 Å². The third-order valence-corrected chi connectivity index (χ3v) is 4.30. The molecular formula is C18H22N2O3. The van der Waals surface area contributed by atoms with Gasteiger partial charge in [0, 0.05) is 24.8 Å². The number of ether oxygens (including phenoxy) is 1. The van der Waals surface area contributed by atoms with E-state index in [-0.39, 0.29) is 17.9 Å². The second kappa shape index (κ2) is 6.56. The van der Waals surface area contributed by atoms with Gasteiger partial charge in [0.05, 0.1) is 18.9 Å². The molecule has 5 heteroatoms. The highest BCUT2D eigenvalue weighted by Crippen LogP contribution is 2.35. The number of methoxy groups -OCH3 is 1. The van der Waals surface area contributed by atoms with Crippen molar-refractivity contribution in [2.45, 2.75) is 32.0 Å². The number of aromatic hydroxyl groups is 1. The van der Waals surface area contributed by atoms with Gasteiger partial charge in [0.25, 0.3) is 0 Å². The van der Waals surface area contributed by atoms with E-state index >= 15 is 0 Å². The lowest BCUT2D eigenvalue weighted by Gasteiger charge is -2.24. The summed E-state index contributed by atoms with van der Waals surface area (Å²) in [6, 6.07) is 11.5. The van der Waals surface area contributed by atoms with Gasteiger partial charge in [-0.2, -0.15) is 0 Å². The predicted molar refractivity (Wildman–Crippen MR) is 87.4 cm³/mol. The van der Waals surface area contributed by atoms with Gasteiger partial charge in [-0.25, -0.2) is 0 Å². The quantitative estimate of drug-likeness (QED) is 0.907. The molecule has 1 fully saturated rings. The second-order valence-electron chi connectivity index (χ2n) is 6.03. The van der Waals surface area contributed by atoms with E-state index in [1.807, 2.05) is 31.2 Å². The van der Waals surface area contributed by atoms with Crippen LogP contribution in [0.1, 0.15) is 29.4 Å². The molecule has 2 atom stereocenters. The molecule has 122 valence electrons. The summed E-state index contributed by atoms with van der Waals surface area (Å²) >= 11 is 0. The predicted octanol–water partition coefficient (Wildman–Crippen LogP) is 2.41. The average Bonchev–Trinajstić information content (AvgIpc) is 2.91. The molecule has 23 heavy (non-hydrogen) atoms. The lowest BCUT2D eigenvalue weighted by atomic mass is 10.0. The number of rotatable bonds is 4. The zero-order valence-electron chi connectivity index (χ0n) is 13.4. The van der Waals surface area contributed by atoms with Crippen molar-refractivity contribution in [3.8, 4) is 11.5 Å². The summed E-state index contributed by atoms with van der Waals surface area (Å²) < 4.78 is 5.30. The van der Waals surface area contributed by atoms with Crippen molar-refractivity contribution < 1.29 is 14.9 Å². The summed E-state index contributed by atoms with van der Waals surface area (Å²) in [5.74, 6) is 1.00. The molecule has 1 aliphatic rings. The van der Waals surface area contributed by atoms with Crippen molar-refractivity contribution in [2.24, 2.45) is 0 Å². The zero-order chi connectivity index (χ0) is 16.4. The molecule has 1 aromatic carbocycles. The van der Waals surface area contributed by atoms with Crippen molar-refractivity contribution in [1.29, 1.82) is 0 Å². The molecule has 0 aliphatic carbocycles. The van der Waals surface area contributed by atoms with Crippen LogP contribution >= 0.6 is 0 Å². The summed E-state index contributed by atoms with van der Waals surface area (Å²) in [5.41, 5.74) is 2.62. The van der Waals surface area contributed by atoms with Crippen LogP contribution in [0.3, 0.4) is 0 Å². The highest BCUT2D eigenvalue weighted by molar-refractivity contribution is 5.32. The number of likely N-dealkylation sites (tertiary alicyclic amines) is 1. The van der Waals surface area contributed by atoms with Crippen LogP contribution in [0, 0.1) is 6.92 Å². The number of aliphatic hydroxyl groups is 1. The van der Waals surface area contributed by atoms with Crippen LogP contribution in [0.15, 0.2) is 36.4 Å². The number of pyridine rings is 1. The summed E-state index contributed by atoms with van der Waals surface area (Å²) in [7, 11) is 1.65. The fraction of sp³-hybridized carbons (Fsp3) is 0.389. The molecule has 5 nitrogen and oxygen atoms in total. The number of hydrogen-bond donors (Lipinski definition) is 2.